The van der Waals surface area contributed by atoms with Crippen molar-refractivity contribution in [1.29, 1.82) is 0 Å². The molecule has 1 aromatic carbocycles. The fourth-order valence-corrected chi connectivity index (χ4v) is 5.15. The maximum absolute atomic E-state index is 12.6. The molecule has 2 aromatic heterocycles. The number of hydrogen-bond acceptors (Lipinski definition) is 9. The number of ether oxygens (including phenoxy) is 1. The molecule has 0 saturated carbocycles. The number of rotatable bonds is 7. The molecule has 0 atom stereocenters. The highest BCUT2D eigenvalue weighted by Crippen LogP contribution is 2.44. The molecule has 11 heteroatoms. The van der Waals surface area contributed by atoms with Crippen LogP contribution in [0.25, 0.3) is 11.1 Å². The first-order valence-corrected chi connectivity index (χ1v) is 11.1. The first-order valence-electron chi connectivity index (χ1n) is 8.06. The van der Waals surface area contributed by atoms with Gasteiger partial charge >= 0.3 is 5.97 Å². The highest BCUT2D eigenvalue weighted by atomic mass is 35.5. The molecule has 2 heterocycles. The monoisotopic (exact) mass is 454 g/mol. The van der Waals surface area contributed by atoms with Crippen LogP contribution in [-0.4, -0.2) is 34.4 Å². The van der Waals surface area contributed by atoms with Gasteiger partial charge in [-0.1, -0.05) is 65.0 Å². The fourth-order valence-electron chi connectivity index (χ4n) is 2.32. The lowest BCUT2D eigenvalue weighted by atomic mass is 10.0. The van der Waals surface area contributed by atoms with Gasteiger partial charge in [-0.25, -0.2) is 4.79 Å². The summed E-state index contributed by atoms with van der Waals surface area (Å²) in [7, 11) is 0. The van der Waals surface area contributed by atoms with E-state index in [0.29, 0.717) is 24.4 Å². The van der Waals surface area contributed by atoms with E-state index in [1.54, 1.807) is 6.92 Å². The molecule has 0 bridgehead atoms. The van der Waals surface area contributed by atoms with Crippen molar-refractivity contribution in [3.63, 3.8) is 0 Å². The zero-order chi connectivity index (χ0) is 20.1. The third-order valence-corrected chi connectivity index (χ3v) is 6.61. The number of anilines is 2. The van der Waals surface area contributed by atoms with E-state index in [9.17, 15) is 9.59 Å². The quantitative estimate of drug-likeness (QED) is 0.402. The minimum atomic E-state index is -0.538. The zero-order valence-electron chi connectivity index (χ0n) is 14.6. The molecule has 0 spiro atoms. The van der Waals surface area contributed by atoms with Crippen molar-refractivity contribution in [2.45, 2.75) is 11.3 Å². The third-order valence-electron chi connectivity index (χ3n) is 3.41. The Morgan fingerprint density at radius 3 is 2.64 bits per heavy atom. The Bertz CT molecular complexity index is 991. The minimum Gasteiger partial charge on any atom is -0.462 e. The van der Waals surface area contributed by atoms with Crippen LogP contribution in [0.15, 0.2) is 34.7 Å². The van der Waals surface area contributed by atoms with Gasteiger partial charge in [0.1, 0.15) is 14.9 Å². The smallest absolute Gasteiger partial charge is 0.341 e. The lowest BCUT2D eigenvalue weighted by Gasteiger charge is -2.08. The standard InChI is InChI=1S/C17H15ClN4O3S3/c1-2-25-15(24)12-11(9-6-4-3-5-7-9)13(18)27-14(12)20-10(23)8-26-17-22-21-16(19)28-17/h3-7H,2,8H2,1H3,(H2,19,21)(H,20,23). The molecule has 7 nitrogen and oxygen atoms in total. The largest absolute Gasteiger partial charge is 0.462 e. The number of nitrogens with one attached hydrogen (secondary N) is 1. The molecule has 0 aliphatic rings. The lowest BCUT2D eigenvalue weighted by Crippen LogP contribution is -2.16. The average Bonchev–Trinajstić information content (AvgIpc) is 3.23. The van der Waals surface area contributed by atoms with Gasteiger partial charge in [0.2, 0.25) is 11.0 Å². The molecule has 0 unspecified atom stereocenters. The van der Waals surface area contributed by atoms with Gasteiger partial charge in [0, 0.05) is 5.56 Å². The molecule has 0 aliphatic heterocycles. The summed E-state index contributed by atoms with van der Waals surface area (Å²) in [6.45, 7) is 1.93. The number of halogens is 1. The number of nitrogens with zero attached hydrogens (tertiary/aromatic N) is 2. The van der Waals surface area contributed by atoms with Gasteiger partial charge in [-0.3, -0.25) is 4.79 Å². The van der Waals surface area contributed by atoms with Crippen LogP contribution in [0, 0.1) is 0 Å². The number of nitrogens with two attached hydrogens (primary N) is 1. The van der Waals surface area contributed by atoms with Crippen molar-refractivity contribution in [2.75, 3.05) is 23.4 Å². The van der Waals surface area contributed by atoms with Crippen molar-refractivity contribution in [3.8, 4) is 11.1 Å². The Kier molecular flexibility index (Phi) is 6.89. The summed E-state index contributed by atoms with van der Waals surface area (Å²) >= 11 is 9.94. The predicted octanol–water partition coefficient (Wildman–Crippen LogP) is 4.41. The van der Waals surface area contributed by atoms with Crippen molar-refractivity contribution < 1.29 is 14.3 Å². The first-order chi connectivity index (χ1) is 13.5. The number of amides is 1. The van der Waals surface area contributed by atoms with Gasteiger partial charge < -0.3 is 15.8 Å². The summed E-state index contributed by atoms with van der Waals surface area (Å²) in [5.41, 5.74) is 7.10. The Balaban J connectivity index is 1.85. The van der Waals surface area contributed by atoms with Gasteiger partial charge in [-0.15, -0.1) is 21.5 Å². The number of aromatic nitrogens is 2. The molecule has 3 aromatic rings. The van der Waals surface area contributed by atoms with E-state index in [4.69, 9.17) is 22.1 Å². The predicted molar refractivity (Wildman–Crippen MR) is 114 cm³/mol. The second-order valence-electron chi connectivity index (χ2n) is 5.28. The molecule has 28 heavy (non-hydrogen) atoms. The Morgan fingerprint density at radius 1 is 1.25 bits per heavy atom. The normalized spacial score (nSPS) is 10.6. The van der Waals surface area contributed by atoms with Crippen LogP contribution in [0.2, 0.25) is 4.34 Å². The molecular formula is C17H15ClN4O3S3. The lowest BCUT2D eigenvalue weighted by molar-refractivity contribution is -0.113. The molecule has 0 fully saturated rings. The molecule has 3 rings (SSSR count). The van der Waals surface area contributed by atoms with Crippen molar-refractivity contribution in [2.24, 2.45) is 0 Å². The van der Waals surface area contributed by atoms with E-state index in [-0.39, 0.29) is 23.8 Å². The summed E-state index contributed by atoms with van der Waals surface area (Å²) in [4.78, 5) is 25.0. The molecular weight excluding hydrogens is 440 g/mol. The molecule has 0 saturated heterocycles. The van der Waals surface area contributed by atoms with E-state index < -0.39 is 5.97 Å². The van der Waals surface area contributed by atoms with Crippen molar-refractivity contribution in [3.05, 3.63) is 40.2 Å². The van der Waals surface area contributed by atoms with Crippen LogP contribution in [0.4, 0.5) is 10.1 Å². The Labute approximate surface area is 178 Å². The zero-order valence-corrected chi connectivity index (χ0v) is 17.8. The average molecular weight is 455 g/mol. The van der Waals surface area contributed by atoms with Gasteiger partial charge in [0.25, 0.3) is 0 Å². The van der Waals surface area contributed by atoms with E-state index in [0.717, 1.165) is 16.9 Å². The van der Waals surface area contributed by atoms with Gasteiger partial charge in [-0.05, 0) is 12.5 Å². The van der Waals surface area contributed by atoms with Crippen LogP contribution in [0.5, 0.6) is 0 Å². The molecule has 1 amide bonds. The summed E-state index contributed by atoms with van der Waals surface area (Å²) < 4.78 is 6.17. The van der Waals surface area contributed by atoms with E-state index >= 15 is 0 Å². The van der Waals surface area contributed by atoms with E-state index in [2.05, 4.69) is 15.5 Å². The maximum atomic E-state index is 12.6. The van der Waals surface area contributed by atoms with Crippen LogP contribution < -0.4 is 11.1 Å². The van der Waals surface area contributed by atoms with Crippen molar-refractivity contribution >= 4 is 68.0 Å². The molecule has 146 valence electrons. The number of thioether (sulfide) groups is 1. The second kappa shape index (κ2) is 9.37. The molecule has 0 radical (unpaired) electrons. The van der Waals surface area contributed by atoms with Crippen LogP contribution >= 0.6 is 46.0 Å². The number of carbonyl (C=O) groups excluding carboxylic acids is 2. The number of thiophene rings is 1. The fraction of sp³-hybridized carbons (Fsp3) is 0.176. The highest BCUT2D eigenvalue weighted by Gasteiger charge is 2.26. The van der Waals surface area contributed by atoms with Crippen LogP contribution in [0.3, 0.4) is 0 Å². The maximum Gasteiger partial charge on any atom is 0.341 e. The van der Waals surface area contributed by atoms with Gasteiger partial charge in [-0.2, -0.15) is 0 Å². The Morgan fingerprint density at radius 2 is 2.00 bits per heavy atom. The van der Waals surface area contributed by atoms with E-state index in [1.807, 2.05) is 30.3 Å². The summed E-state index contributed by atoms with van der Waals surface area (Å²) in [5.74, 6) is -0.751. The molecule has 0 aliphatic carbocycles. The summed E-state index contributed by atoms with van der Waals surface area (Å²) in [5, 5.41) is 11.0. The SMILES string of the molecule is CCOC(=O)c1c(NC(=O)CSc2nnc(N)s2)sc(Cl)c1-c1ccccc1. The number of hydrogen-bond donors (Lipinski definition) is 2. The Hall–Kier alpha value is -2.14. The number of esters is 1. The topological polar surface area (TPSA) is 107 Å². The van der Waals surface area contributed by atoms with Crippen molar-refractivity contribution in [1.82, 2.24) is 10.2 Å². The number of benzene rings is 1. The van der Waals surface area contributed by atoms with Crippen LogP contribution in [-0.2, 0) is 9.53 Å². The first kappa shape index (κ1) is 20.6. The van der Waals surface area contributed by atoms with Crippen LogP contribution in [0.1, 0.15) is 17.3 Å². The van der Waals surface area contributed by atoms with Gasteiger partial charge in [0.15, 0.2) is 4.34 Å². The van der Waals surface area contributed by atoms with Gasteiger partial charge in [0.05, 0.1) is 12.4 Å². The number of nitrogen functional groups attached to an aromatic ring is 1. The number of carbonyl (C=O) groups is 2. The third kappa shape index (κ3) is 4.82. The minimum absolute atomic E-state index is 0.0904. The summed E-state index contributed by atoms with van der Waals surface area (Å²) in [6, 6.07) is 9.26. The molecule has 3 N–H and O–H groups in total. The summed E-state index contributed by atoms with van der Waals surface area (Å²) in [6.07, 6.45) is 0. The highest BCUT2D eigenvalue weighted by molar-refractivity contribution is 8.01. The second-order valence-corrected chi connectivity index (χ2v) is 9.14. The van der Waals surface area contributed by atoms with E-state index in [1.165, 1.54) is 23.1 Å².